The Kier molecular flexibility index (Phi) is 3.71. The molecule has 0 atom stereocenters. The van der Waals surface area contributed by atoms with Crippen LogP contribution in [0.5, 0.6) is 0 Å². The Labute approximate surface area is 108 Å². The molecular weight excluding hydrogens is 254 g/mol. The fraction of sp³-hybridized carbons (Fsp3) is 0. The van der Waals surface area contributed by atoms with Crippen molar-refractivity contribution in [3.05, 3.63) is 47.4 Å². The average molecular weight is 264 g/mol. The highest BCUT2D eigenvalue weighted by Crippen LogP contribution is 2.15. The second kappa shape index (κ2) is 5.44. The molecule has 92 valence electrons. The van der Waals surface area contributed by atoms with Gasteiger partial charge in [0.1, 0.15) is 5.69 Å². The van der Waals surface area contributed by atoms with Crippen molar-refractivity contribution in [1.29, 1.82) is 0 Å². The first-order valence-corrected chi connectivity index (χ1v) is 5.42. The molecule has 4 N–H and O–H groups in total. The summed E-state index contributed by atoms with van der Waals surface area (Å²) in [5.74, 6) is 5.12. The third kappa shape index (κ3) is 2.93. The number of halogens is 1. The summed E-state index contributed by atoms with van der Waals surface area (Å²) >= 11 is 5.82. The molecule has 1 aromatic carbocycles. The van der Waals surface area contributed by atoms with Gasteiger partial charge in [-0.1, -0.05) is 17.7 Å². The van der Waals surface area contributed by atoms with Gasteiger partial charge in [0.2, 0.25) is 0 Å². The number of benzene rings is 1. The SMILES string of the molecule is NNc1cncc(C(=O)Nc2cccc(Cl)c2)n1. The zero-order chi connectivity index (χ0) is 13.0. The van der Waals surface area contributed by atoms with E-state index in [2.05, 4.69) is 20.7 Å². The van der Waals surface area contributed by atoms with Crippen molar-refractivity contribution >= 4 is 29.0 Å². The first kappa shape index (κ1) is 12.3. The molecule has 0 fully saturated rings. The molecule has 0 bridgehead atoms. The molecule has 1 heterocycles. The van der Waals surface area contributed by atoms with E-state index in [1.54, 1.807) is 24.3 Å². The van der Waals surface area contributed by atoms with E-state index in [-0.39, 0.29) is 11.6 Å². The number of hydrogen-bond acceptors (Lipinski definition) is 5. The van der Waals surface area contributed by atoms with E-state index in [9.17, 15) is 4.79 Å². The highest BCUT2D eigenvalue weighted by Gasteiger charge is 2.09. The molecular formula is C11H10ClN5O. The zero-order valence-electron chi connectivity index (χ0n) is 9.22. The van der Waals surface area contributed by atoms with Crippen LogP contribution >= 0.6 is 11.6 Å². The van der Waals surface area contributed by atoms with Gasteiger partial charge in [-0.2, -0.15) is 0 Å². The molecule has 1 aromatic heterocycles. The highest BCUT2D eigenvalue weighted by atomic mass is 35.5. The smallest absolute Gasteiger partial charge is 0.275 e. The number of nitrogen functional groups attached to an aromatic ring is 1. The van der Waals surface area contributed by atoms with E-state index >= 15 is 0 Å². The Bertz CT molecular complexity index is 575. The van der Waals surface area contributed by atoms with Crippen LogP contribution in [0.25, 0.3) is 0 Å². The van der Waals surface area contributed by atoms with Gasteiger partial charge in [0.25, 0.3) is 5.91 Å². The number of nitrogens with zero attached hydrogens (tertiary/aromatic N) is 2. The molecule has 0 unspecified atom stereocenters. The van der Waals surface area contributed by atoms with Crippen molar-refractivity contribution in [3.8, 4) is 0 Å². The van der Waals surface area contributed by atoms with Crippen LogP contribution < -0.4 is 16.6 Å². The van der Waals surface area contributed by atoms with Gasteiger partial charge >= 0.3 is 0 Å². The third-order valence-corrected chi connectivity index (χ3v) is 2.33. The molecule has 7 heteroatoms. The summed E-state index contributed by atoms with van der Waals surface area (Å²) in [5, 5.41) is 3.19. The maximum absolute atomic E-state index is 11.9. The zero-order valence-corrected chi connectivity index (χ0v) is 9.98. The van der Waals surface area contributed by atoms with Crippen molar-refractivity contribution < 1.29 is 4.79 Å². The van der Waals surface area contributed by atoms with E-state index in [0.29, 0.717) is 16.5 Å². The molecule has 0 radical (unpaired) electrons. The first-order valence-electron chi connectivity index (χ1n) is 5.04. The van der Waals surface area contributed by atoms with Crippen LogP contribution in [0.4, 0.5) is 11.5 Å². The third-order valence-electron chi connectivity index (χ3n) is 2.10. The molecule has 0 saturated heterocycles. The number of anilines is 2. The van der Waals surface area contributed by atoms with Crippen LogP contribution in [-0.4, -0.2) is 15.9 Å². The summed E-state index contributed by atoms with van der Waals surface area (Å²) in [6.07, 6.45) is 2.76. The summed E-state index contributed by atoms with van der Waals surface area (Å²) in [6.45, 7) is 0. The molecule has 0 spiro atoms. The highest BCUT2D eigenvalue weighted by molar-refractivity contribution is 6.30. The molecule has 0 saturated carbocycles. The second-order valence-corrected chi connectivity index (χ2v) is 3.83. The monoisotopic (exact) mass is 263 g/mol. The second-order valence-electron chi connectivity index (χ2n) is 3.40. The Hall–Kier alpha value is -2.18. The molecule has 2 rings (SSSR count). The normalized spacial score (nSPS) is 9.89. The van der Waals surface area contributed by atoms with Crippen molar-refractivity contribution in [2.45, 2.75) is 0 Å². The standard InChI is InChI=1S/C11H10ClN5O/c12-7-2-1-3-8(4-7)15-11(18)9-5-14-6-10(16-9)17-13/h1-6H,13H2,(H,15,18)(H,16,17). The van der Waals surface area contributed by atoms with Crippen LogP contribution in [0.3, 0.4) is 0 Å². The fourth-order valence-electron chi connectivity index (χ4n) is 1.31. The summed E-state index contributed by atoms with van der Waals surface area (Å²) < 4.78 is 0. The van der Waals surface area contributed by atoms with Gasteiger partial charge in [0.05, 0.1) is 12.4 Å². The fourth-order valence-corrected chi connectivity index (χ4v) is 1.50. The molecule has 1 amide bonds. The van der Waals surface area contributed by atoms with Crippen LogP contribution in [0.2, 0.25) is 5.02 Å². The number of aromatic nitrogens is 2. The molecule has 0 aliphatic heterocycles. The number of hydrogen-bond donors (Lipinski definition) is 3. The van der Waals surface area contributed by atoms with Crippen LogP contribution in [0.1, 0.15) is 10.5 Å². The van der Waals surface area contributed by atoms with E-state index < -0.39 is 0 Å². The van der Waals surface area contributed by atoms with Gasteiger partial charge in [-0.25, -0.2) is 10.8 Å². The van der Waals surface area contributed by atoms with Gasteiger partial charge in [-0.3, -0.25) is 9.78 Å². The van der Waals surface area contributed by atoms with Gasteiger partial charge in [0, 0.05) is 10.7 Å². The van der Waals surface area contributed by atoms with E-state index in [1.165, 1.54) is 12.4 Å². The minimum atomic E-state index is -0.387. The lowest BCUT2D eigenvalue weighted by Crippen LogP contribution is -2.16. The average Bonchev–Trinajstić information content (AvgIpc) is 2.39. The van der Waals surface area contributed by atoms with Gasteiger partial charge < -0.3 is 10.7 Å². The van der Waals surface area contributed by atoms with Crippen molar-refractivity contribution in [1.82, 2.24) is 9.97 Å². The largest absolute Gasteiger partial charge is 0.321 e. The summed E-state index contributed by atoms with van der Waals surface area (Å²) in [6, 6.07) is 6.82. The Morgan fingerprint density at radius 2 is 2.17 bits per heavy atom. The van der Waals surface area contributed by atoms with Gasteiger partial charge in [-0.15, -0.1) is 0 Å². The topological polar surface area (TPSA) is 92.9 Å². The summed E-state index contributed by atoms with van der Waals surface area (Å²) in [7, 11) is 0. The molecule has 2 aromatic rings. The number of rotatable bonds is 3. The minimum absolute atomic E-state index is 0.158. The van der Waals surface area contributed by atoms with Crippen LogP contribution in [0, 0.1) is 0 Å². The van der Waals surface area contributed by atoms with Gasteiger partial charge in [-0.05, 0) is 18.2 Å². The van der Waals surface area contributed by atoms with Crippen LogP contribution in [-0.2, 0) is 0 Å². The van der Waals surface area contributed by atoms with E-state index in [1.807, 2.05) is 0 Å². The molecule has 18 heavy (non-hydrogen) atoms. The minimum Gasteiger partial charge on any atom is -0.321 e. The van der Waals surface area contributed by atoms with E-state index in [4.69, 9.17) is 17.4 Å². The van der Waals surface area contributed by atoms with E-state index in [0.717, 1.165) is 0 Å². The Morgan fingerprint density at radius 3 is 2.89 bits per heavy atom. The number of carbonyl (C=O) groups excluding carboxylic acids is 1. The van der Waals surface area contributed by atoms with Crippen molar-refractivity contribution in [2.24, 2.45) is 5.84 Å². The van der Waals surface area contributed by atoms with Gasteiger partial charge in [0.15, 0.2) is 5.82 Å². The lowest BCUT2D eigenvalue weighted by Gasteiger charge is -2.05. The molecule has 0 aliphatic rings. The number of nitrogens with two attached hydrogens (primary N) is 1. The van der Waals surface area contributed by atoms with Crippen LogP contribution in [0.15, 0.2) is 36.7 Å². The quantitative estimate of drug-likeness (QED) is 0.579. The molecule has 0 aliphatic carbocycles. The number of carbonyl (C=O) groups is 1. The maximum Gasteiger partial charge on any atom is 0.275 e. The Morgan fingerprint density at radius 1 is 1.33 bits per heavy atom. The van der Waals surface area contributed by atoms with Crippen molar-refractivity contribution in [2.75, 3.05) is 10.7 Å². The maximum atomic E-state index is 11.9. The predicted molar refractivity (Wildman–Crippen MR) is 69.2 cm³/mol. The number of hydrazine groups is 1. The lowest BCUT2D eigenvalue weighted by atomic mass is 10.3. The lowest BCUT2D eigenvalue weighted by molar-refractivity contribution is 0.102. The predicted octanol–water partition coefficient (Wildman–Crippen LogP) is 1.67. The van der Waals surface area contributed by atoms with Crippen molar-refractivity contribution in [3.63, 3.8) is 0 Å². The first-order chi connectivity index (χ1) is 8.69. The number of amides is 1. The summed E-state index contributed by atoms with van der Waals surface area (Å²) in [5.41, 5.74) is 3.06. The molecule has 6 nitrogen and oxygen atoms in total. The Balaban J connectivity index is 2.16. The summed E-state index contributed by atoms with van der Waals surface area (Å²) in [4.78, 5) is 19.7. The number of nitrogens with one attached hydrogen (secondary N) is 2.